The lowest BCUT2D eigenvalue weighted by molar-refractivity contribution is 0.0951. The van der Waals surface area contributed by atoms with E-state index in [1.165, 1.54) is 37.7 Å². The summed E-state index contributed by atoms with van der Waals surface area (Å²) in [4.78, 5) is 21.5. The second-order valence-corrected chi connectivity index (χ2v) is 8.02. The van der Waals surface area contributed by atoms with Crippen LogP contribution in [0, 0.1) is 6.92 Å². The Labute approximate surface area is 178 Å². The smallest absolute Gasteiger partial charge is 0.251 e. The molecule has 30 heavy (non-hydrogen) atoms. The van der Waals surface area contributed by atoms with Crippen molar-refractivity contribution in [3.05, 3.63) is 77.6 Å². The Balaban J connectivity index is 1.44. The Morgan fingerprint density at radius 1 is 1.00 bits per heavy atom. The van der Waals surface area contributed by atoms with Gasteiger partial charge in [0.1, 0.15) is 12.1 Å². The lowest BCUT2D eigenvalue weighted by Crippen LogP contribution is -2.23. The molecule has 0 radical (unpaired) electrons. The van der Waals surface area contributed by atoms with Crippen molar-refractivity contribution < 1.29 is 4.79 Å². The van der Waals surface area contributed by atoms with Crippen molar-refractivity contribution >= 4 is 11.7 Å². The molecule has 0 spiro atoms. The molecule has 1 aromatic heterocycles. The number of benzene rings is 2. The van der Waals surface area contributed by atoms with Crippen LogP contribution in [-0.2, 0) is 6.54 Å². The summed E-state index contributed by atoms with van der Waals surface area (Å²) >= 11 is 0. The quantitative estimate of drug-likeness (QED) is 0.602. The molecule has 5 heteroatoms. The van der Waals surface area contributed by atoms with E-state index in [4.69, 9.17) is 0 Å². The fraction of sp³-hybridized carbons (Fsp3) is 0.320. The Morgan fingerprint density at radius 3 is 2.67 bits per heavy atom. The minimum atomic E-state index is -0.0898. The van der Waals surface area contributed by atoms with Gasteiger partial charge in [-0.25, -0.2) is 9.97 Å². The van der Waals surface area contributed by atoms with Crippen LogP contribution in [0.1, 0.15) is 53.6 Å². The monoisotopic (exact) mass is 400 g/mol. The molecule has 2 N–H and O–H groups in total. The first kappa shape index (κ1) is 20.1. The van der Waals surface area contributed by atoms with E-state index in [2.05, 4.69) is 26.7 Å². The van der Waals surface area contributed by atoms with E-state index < -0.39 is 0 Å². The largest absolute Gasteiger partial charge is 0.367 e. The van der Waals surface area contributed by atoms with E-state index >= 15 is 0 Å². The number of nitrogens with one attached hydrogen (secondary N) is 2. The van der Waals surface area contributed by atoms with E-state index in [1.807, 2.05) is 55.5 Å². The number of carbonyl (C=O) groups excluding carboxylic acids is 1. The molecule has 0 unspecified atom stereocenters. The zero-order valence-corrected chi connectivity index (χ0v) is 17.4. The van der Waals surface area contributed by atoms with Crippen molar-refractivity contribution in [2.45, 2.75) is 51.6 Å². The highest BCUT2D eigenvalue weighted by atomic mass is 16.1. The van der Waals surface area contributed by atoms with E-state index in [-0.39, 0.29) is 5.91 Å². The van der Waals surface area contributed by atoms with Crippen LogP contribution in [0.15, 0.2) is 60.9 Å². The molecular formula is C25H28N4O. The van der Waals surface area contributed by atoms with Gasteiger partial charge in [0.05, 0.1) is 5.69 Å². The maximum absolute atomic E-state index is 12.7. The molecule has 1 aliphatic rings. The summed E-state index contributed by atoms with van der Waals surface area (Å²) in [6.45, 7) is 2.56. The van der Waals surface area contributed by atoms with Gasteiger partial charge in [0, 0.05) is 29.8 Å². The fourth-order valence-electron chi connectivity index (χ4n) is 3.98. The zero-order valence-electron chi connectivity index (χ0n) is 17.4. The highest BCUT2D eigenvalue weighted by molar-refractivity contribution is 5.95. The summed E-state index contributed by atoms with van der Waals surface area (Å²) in [6, 6.07) is 18.2. The third kappa shape index (κ3) is 5.23. The van der Waals surface area contributed by atoms with Crippen molar-refractivity contribution in [2.75, 3.05) is 5.32 Å². The average Bonchev–Trinajstić information content (AvgIpc) is 2.78. The molecule has 1 saturated carbocycles. The molecular weight excluding hydrogens is 372 g/mol. The Kier molecular flexibility index (Phi) is 6.38. The molecule has 3 aromatic rings. The normalized spacial score (nSPS) is 14.3. The van der Waals surface area contributed by atoms with Crippen molar-refractivity contribution in [1.82, 2.24) is 15.3 Å². The van der Waals surface area contributed by atoms with Gasteiger partial charge in [0.15, 0.2) is 0 Å². The van der Waals surface area contributed by atoms with Crippen LogP contribution in [0.3, 0.4) is 0 Å². The molecule has 1 heterocycles. The predicted molar refractivity (Wildman–Crippen MR) is 120 cm³/mol. The molecule has 2 aromatic carbocycles. The molecule has 1 amide bonds. The minimum Gasteiger partial charge on any atom is -0.367 e. The van der Waals surface area contributed by atoms with Crippen LogP contribution in [0.2, 0.25) is 0 Å². The molecule has 0 atom stereocenters. The van der Waals surface area contributed by atoms with Crippen molar-refractivity contribution in [1.29, 1.82) is 0 Å². The van der Waals surface area contributed by atoms with Gasteiger partial charge in [-0.15, -0.1) is 0 Å². The number of amides is 1. The number of anilines is 1. The zero-order chi connectivity index (χ0) is 20.8. The topological polar surface area (TPSA) is 66.9 Å². The fourth-order valence-corrected chi connectivity index (χ4v) is 3.98. The minimum absolute atomic E-state index is 0.0898. The third-order valence-corrected chi connectivity index (χ3v) is 5.58. The average molecular weight is 401 g/mol. The number of hydrogen-bond acceptors (Lipinski definition) is 4. The number of rotatable bonds is 6. The van der Waals surface area contributed by atoms with Crippen LogP contribution in [0.5, 0.6) is 0 Å². The van der Waals surface area contributed by atoms with Gasteiger partial charge in [-0.1, -0.05) is 61.2 Å². The molecule has 1 aliphatic carbocycles. The van der Waals surface area contributed by atoms with Gasteiger partial charge in [0.2, 0.25) is 0 Å². The first-order valence-electron chi connectivity index (χ1n) is 10.7. The van der Waals surface area contributed by atoms with Crippen LogP contribution in [0.25, 0.3) is 11.3 Å². The summed E-state index contributed by atoms with van der Waals surface area (Å²) in [7, 11) is 0. The number of aromatic nitrogens is 2. The standard InChI is InChI=1S/C25H28N4O/c1-18-7-5-8-19(13-18)16-26-25(30)21-10-6-9-20(14-21)23-15-24(28-17-27-23)29-22-11-3-2-4-12-22/h5-10,13-15,17,22H,2-4,11-12,16H2,1H3,(H,26,30)(H,27,28,29). The highest BCUT2D eigenvalue weighted by Gasteiger charge is 2.14. The first-order valence-corrected chi connectivity index (χ1v) is 10.7. The summed E-state index contributed by atoms with van der Waals surface area (Å²) in [5.74, 6) is 0.758. The van der Waals surface area contributed by atoms with Crippen molar-refractivity contribution in [3.8, 4) is 11.3 Å². The van der Waals surface area contributed by atoms with E-state index in [1.54, 1.807) is 6.33 Å². The molecule has 0 aliphatic heterocycles. The molecule has 154 valence electrons. The lowest BCUT2D eigenvalue weighted by atomic mass is 9.95. The van der Waals surface area contributed by atoms with E-state index in [0.29, 0.717) is 18.2 Å². The van der Waals surface area contributed by atoms with Gasteiger partial charge in [0.25, 0.3) is 5.91 Å². The van der Waals surface area contributed by atoms with Gasteiger partial charge < -0.3 is 10.6 Å². The van der Waals surface area contributed by atoms with Crippen molar-refractivity contribution in [3.63, 3.8) is 0 Å². The summed E-state index contributed by atoms with van der Waals surface area (Å²) < 4.78 is 0. The predicted octanol–water partition coefficient (Wildman–Crippen LogP) is 5.13. The van der Waals surface area contributed by atoms with Crippen LogP contribution in [0.4, 0.5) is 5.82 Å². The molecule has 5 nitrogen and oxygen atoms in total. The third-order valence-electron chi connectivity index (χ3n) is 5.58. The second kappa shape index (κ2) is 9.53. The van der Waals surface area contributed by atoms with Gasteiger partial charge in [-0.2, -0.15) is 0 Å². The molecule has 0 bridgehead atoms. The maximum atomic E-state index is 12.7. The summed E-state index contributed by atoms with van der Waals surface area (Å²) in [5, 5.41) is 6.54. The van der Waals surface area contributed by atoms with Crippen LogP contribution < -0.4 is 10.6 Å². The highest BCUT2D eigenvalue weighted by Crippen LogP contribution is 2.24. The van der Waals surface area contributed by atoms with Crippen LogP contribution in [-0.4, -0.2) is 21.9 Å². The number of carbonyl (C=O) groups is 1. The van der Waals surface area contributed by atoms with E-state index in [9.17, 15) is 4.79 Å². The Hall–Kier alpha value is -3.21. The summed E-state index contributed by atoms with van der Waals surface area (Å²) in [5.41, 5.74) is 4.63. The Bertz CT molecular complexity index is 1010. The number of nitrogens with zero attached hydrogens (tertiary/aromatic N) is 2. The molecule has 1 fully saturated rings. The second-order valence-electron chi connectivity index (χ2n) is 8.02. The SMILES string of the molecule is Cc1cccc(CNC(=O)c2cccc(-c3cc(NC4CCCCC4)ncn3)c2)c1. The van der Waals surface area contributed by atoms with Gasteiger partial charge in [-0.3, -0.25) is 4.79 Å². The van der Waals surface area contributed by atoms with Gasteiger partial charge >= 0.3 is 0 Å². The molecule has 4 rings (SSSR count). The first-order chi connectivity index (χ1) is 14.7. The van der Waals surface area contributed by atoms with Crippen LogP contribution >= 0.6 is 0 Å². The lowest BCUT2D eigenvalue weighted by Gasteiger charge is -2.23. The molecule has 0 saturated heterocycles. The number of hydrogen-bond donors (Lipinski definition) is 2. The Morgan fingerprint density at radius 2 is 1.83 bits per heavy atom. The maximum Gasteiger partial charge on any atom is 0.251 e. The number of aryl methyl sites for hydroxylation is 1. The van der Waals surface area contributed by atoms with Gasteiger partial charge in [-0.05, 0) is 37.5 Å². The summed E-state index contributed by atoms with van der Waals surface area (Å²) in [6.07, 6.45) is 7.84. The van der Waals surface area contributed by atoms with Crippen molar-refractivity contribution in [2.24, 2.45) is 0 Å². The van der Waals surface area contributed by atoms with E-state index in [0.717, 1.165) is 22.6 Å².